The van der Waals surface area contributed by atoms with Gasteiger partial charge in [0.15, 0.2) is 0 Å². The van der Waals surface area contributed by atoms with Crippen LogP contribution in [0.5, 0.6) is 0 Å². The van der Waals surface area contributed by atoms with Crippen molar-refractivity contribution in [2.75, 3.05) is 0 Å². The molecular weight excluding hydrogens is 291 g/mol. The number of benzene rings is 2. The average Bonchev–Trinajstić information content (AvgIpc) is 2.94. The molecule has 1 aliphatic rings. The highest BCUT2D eigenvalue weighted by atomic mass is 19.1. The molecule has 4 rings (SSSR count). The van der Waals surface area contributed by atoms with Crippen molar-refractivity contribution >= 4 is 5.91 Å². The Kier molecular flexibility index (Phi) is 2.98. The van der Waals surface area contributed by atoms with Crippen LogP contribution in [0, 0.1) is 12.4 Å². The van der Waals surface area contributed by atoms with Crippen LogP contribution in [0.25, 0.3) is 22.3 Å². The molecule has 111 valence electrons. The predicted molar refractivity (Wildman–Crippen MR) is 86.1 cm³/mol. The number of carbonyl (C=O) groups excluding carboxylic acids is 1. The second kappa shape index (κ2) is 5.02. The molecule has 1 radical (unpaired) electrons. The molecule has 0 spiro atoms. The van der Waals surface area contributed by atoms with Crippen LogP contribution in [-0.2, 0) is 0 Å². The molecule has 1 amide bonds. The third-order valence-electron chi connectivity index (χ3n) is 4.08. The molecule has 0 saturated heterocycles. The van der Waals surface area contributed by atoms with Crippen molar-refractivity contribution in [3.8, 4) is 22.3 Å². The Morgan fingerprint density at radius 2 is 1.83 bits per heavy atom. The van der Waals surface area contributed by atoms with Crippen molar-refractivity contribution in [3.63, 3.8) is 0 Å². The first kappa shape index (κ1) is 13.6. The van der Waals surface area contributed by atoms with E-state index in [1.807, 2.05) is 36.8 Å². The smallest absolute Gasteiger partial charge is 0.249 e. The molecule has 23 heavy (non-hydrogen) atoms. The van der Waals surface area contributed by atoms with Gasteiger partial charge in [0.25, 0.3) is 0 Å². The largest absolute Gasteiger partial charge is 0.366 e. The number of rotatable bonds is 2. The van der Waals surface area contributed by atoms with Gasteiger partial charge in [-0.1, -0.05) is 30.3 Å². The van der Waals surface area contributed by atoms with E-state index in [1.54, 1.807) is 12.1 Å². The summed E-state index contributed by atoms with van der Waals surface area (Å²) >= 11 is 0. The summed E-state index contributed by atoms with van der Waals surface area (Å²) in [6, 6.07) is 14.5. The van der Waals surface area contributed by atoms with Crippen LogP contribution >= 0.6 is 0 Å². The van der Waals surface area contributed by atoms with E-state index in [2.05, 4.69) is 4.98 Å². The molecule has 1 aromatic heterocycles. The number of amides is 1. The maximum atomic E-state index is 13.1. The third-order valence-corrected chi connectivity index (χ3v) is 4.08. The van der Waals surface area contributed by atoms with Crippen molar-refractivity contribution < 1.29 is 9.18 Å². The van der Waals surface area contributed by atoms with Crippen LogP contribution < -0.4 is 5.73 Å². The first-order valence-corrected chi connectivity index (χ1v) is 7.18. The van der Waals surface area contributed by atoms with Gasteiger partial charge in [-0.05, 0) is 46.0 Å². The van der Waals surface area contributed by atoms with Crippen LogP contribution in [0.3, 0.4) is 0 Å². The number of carbonyl (C=O) groups is 1. The van der Waals surface area contributed by atoms with E-state index in [9.17, 15) is 9.18 Å². The minimum atomic E-state index is -0.522. The SMILES string of the molecule is NC(=O)c1ccc(-c2ccc(F)nc2)c2c1[CH]c1ccccc1-2. The fourth-order valence-corrected chi connectivity index (χ4v) is 3.06. The summed E-state index contributed by atoms with van der Waals surface area (Å²) in [5, 5.41) is 0. The molecule has 0 fully saturated rings. The molecule has 1 heterocycles. The number of nitrogens with zero attached hydrogens (tertiary/aromatic N) is 1. The molecule has 3 nitrogen and oxygen atoms in total. The van der Waals surface area contributed by atoms with E-state index in [1.165, 1.54) is 12.3 Å². The van der Waals surface area contributed by atoms with E-state index in [0.717, 1.165) is 33.4 Å². The van der Waals surface area contributed by atoms with Crippen molar-refractivity contribution in [3.05, 3.63) is 83.8 Å². The number of hydrogen-bond donors (Lipinski definition) is 1. The summed E-state index contributed by atoms with van der Waals surface area (Å²) in [6.07, 6.45) is 3.46. The summed E-state index contributed by atoms with van der Waals surface area (Å²) in [5.41, 5.74) is 11.5. The minimum Gasteiger partial charge on any atom is -0.366 e. The van der Waals surface area contributed by atoms with Gasteiger partial charge in [0.2, 0.25) is 11.9 Å². The van der Waals surface area contributed by atoms with Gasteiger partial charge >= 0.3 is 0 Å². The second-order valence-electron chi connectivity index (χ2n) is 5.41. The minimum absolute atomic E-state index is 0.464. The molecule has 0 aliphatic heterocycles. The number of aromatic nitrogens is 1. The number of nitrogens with two attached hydrogens (primary N) is 1. The van der Waals surface area contributed by atoms with E-state index >= 15 is 0 Å². The molecule has 0 saturated carbocycles. The van der Waals surface area contributed by atoms with Gasteiger partial charge in [0.1, 0.15) is 0 Å². The summed E-state index contributed by atoms with van der Waals surface area (Å²) < 4.78 is 13.1. The lowest BCUT2D eigenvalue weighted by Gasteiger charge is -2.12. The predicted octanol–water partition coefficient (Wildman–Crippen LogP) is 3.57. The van der Waals surface area contributed by atoms with Gasteiger partial charge in [-0.2, -0.15) is 4.39 Å². The van der Waals surface area contributed by atoms with Crippen molar-refractivity contribution in [1.82, 2.24) is 4.98 Å². The van der Waals surface area contributed by atoms with Crippen molar-refractivity contribution in [2.24, 2.45) is 5.73 Å². The van der Waals surface area contributed by atoms with Crippen LogP contribution in [0.1, 0.15) is 21.5 Å². The van der Waals surface area contributed by atoms with Gasteiger partial charge in [0.05, 0.1) is 0 Å². The fraction of sp³-hybridized carbons (Fsp3) is 0. The Morgan fingerprint density at radius 1 is 1.00 bits per heavy atom. The highest BCUT2D eigenvalue weighted by Gasteiger charge is 2.26. The van der Waals surface area contributed by atoms with Gasteiger partial charge in [-0.3, -0.25) is 4.79 Å². The zero-order chi connectivity index (χ0) is 16.0. The number of halogens is 1. The number of hydrogen-bond acceptors (Lipinski definition) is 2. The molecule has 2 aromatic carbocycles. The Balaban J connectivity index is 2.02. The summed E-state index contributed by atoms with van der Waals surface area (Å²) in [5.74, 6) is -0.986. The number of fused-ring (bicyclic) bond motifs is 3. The average molecular weight is 303 g/mol. The lowest BCUT2D eigenvalue weighted by atomic mass is 9.92. The van der Waals surface area contributed by atoms with E-state index in [-0.39, 0.29) is 0 Å². The van der Waals surface area contributed by atoms with Gasteiger partial charge in [-0.25, -0.2) is 4.98 Å². The van der Waals surface area contributed by atoms with Crippen LogP contribution in [0.2, 0.25) is 0 Å². The Morgan fingerprint density at radius 3 is 2.57 bits per heavy atom. The first-order valence-electron chi connectivity index (χ1n) is 7.18. The summed E-state index contributed by atoms with van der Waals surface area (Å²) in [7, 11) is 0. The Labute approximate surface area is 132 Å². The normalized spacial score (nSPS) is 11.9. The topological polar surface area (TPSA) is 56.0 Å². The van der Waals surface area contributed by atoms with E-state index in [4.69, 9.17) is 5.73 Å². The van der Waals surface area contributed by atoms with Crippen molar-refractivity contribution in [1.29, 1.82) is 0 Å². The van der Waals surface area contributed by atoms with Crippen molar-refractivity contribution in [2.45, 2.75) is 0 Å². The highest BCUT2D eigenvalue weighted by Crippen LogP contribution is 2.45. The van der Waals surface area contributed by atoms with Crippen LogP contribution in [0.4, 0.5) is 4.39 Å². The maximum absolute atomic E-state index is 13.1. The Hall–Kier alpha value is -3.01. The zero-order valence-electron chi connectivity index (χ0n) is 12.1. The maximum Gasteiger partial charge on any atom is 0.249 e. The number of primary amides is 1. The van der Waals surface area contributed by atoms with Gasteiger partial charge < -0.3 is 5.73 Å². The molecule has 1 aliphatic carbocycles. The molecule has 0 unspecified atom stereocenters. The standard InChI is InChI=1S/C19H12FN2O/c20-17-8-5-12(10-22-17)14-6-7-15(19(21)23)16-9-11-3-1-2-4-13(11)18(14)16/h1-10H,(H2,21,23). The van der Waals surface area contributed by atoms with E-state index in [0.29, 0.717) is 5.56 Å². The second-order valence-corrected chi connectivity index (χ2v) is 5.41. The molecule has 0 atom stereocenters. The fourth-order valence-electron chi connectivity index (χ4n) is 3.06. The van der Waals surface area contributed by atoms with Gasteiger partial charge in [0, 0.05) is 23.7 Å². The lowest BCUT2D eigenvalue weighted by molar-refractivity contribution is 0.1000. The monoisotopic (exact) mass is 303 g/mol. The summed E-state index contributed by atoms with van der Waals surface area (Å²) in [4.78, 5) is 15.5. The van der Waals surface area contributed by atoms with Gasteiger partial charge in [-0.15, -0.1) is 0 Å². The third kappa shape index (κ3) is 2.11. The molecule has 2 N–H and O–H groups in total. The number of pyridine rings is 1. The first-order chi connectivity index (χ1) is 11.1. The highest BCUT2D eigenvalue weighted by molar-refractivity contribution is 6.03. The van der Waals surface area contributed by atoms with E-state index < -0.39 is 11.9 Å². The lowest BCUT2D eigenvalue weighted by Crippen LogP contribution is -2.13. The van der Waals surface area contributed by atoms with Crippen LogP contribution in [0.15, 0.2) is 54.7 Å². The summed E-state index contributed by atoms with van der Waals surface area (Å²) in [6.45, 7) is 0. The zero-order valence-corrected chi connectivity index (χ0v) is 12.1. The molecular formula is C19H12FN2O. The quantitative estimate of drug-likeness (QED) is 0.576. The molecule has 0 bridgehead atoms. The molecule has 4 heteroatoms. The molecule has 3 aromatic rings. The Bertz CT molecular complexity index is 933. The van der Waals surface area contributed by atoms with Crippen LogP contribution in [-0.4, -0.2) is 10.9 Å².